The van der Waals surface area contributed by atoms with Gasteiger partial charge in [0.15, 0.2) is 0 Å². The highest BCUT2D eigenvalue weighted by atomic mass is 32.1. The van der Waals surface area contributed by atoms with Crippen molar-refractivity contribution in [3.05, 3.63) is 57.2 Å². The molecule has 0 fully saturated rings. The molecule has 4 nitrogen and oxygen atoms in total. The lowest BCUT2D eigenvalue weighted by atomic mass is 10.0. The maximum atomic E-state index is 12.7. The number of aliphatic carboxylic acids is 1. The highest BCUT2D eigenvalue weighted by Gasteiger charge is 2.32. The molecule has 0 aliphatic heterocycles. The first kappa shape index (κ1) is 20.1. The zero-order chi connectivity index (χ0) is 20.6. The first-order chi connectivity index (χ1) is 13.1. The van der Waals surface area contributed by atoms with E-state index in [-0.39, 0.29) is 18.7 Å². The molecule has 0 saturated heterocycles. The Labute approximate surface area is 163 Å². The lowest BCUT2D eigenvalue weighted by Gasteiger charge is -2.14. The Hall–Kier alpha value is -2.61. The van der Waals surface area contributed by atoms with E-state index in [1.54, 1.807) is 0 Å². The number of fused-ring (bicyclic) bond motifs is 1. The second kappa shape index (κ2) is 7.43. The zero-order valence-electron chi connectivity index (χ0n) is 15.5. The molecule has 0 radical (unpaired) electrons. The van der Waals surface area contributed by atoms with E-state index < -0.39 is 17.8 Å². The number of carbonyl (C=O) groups is 1. The average Bonchev–Trinajstić information content (AvgIpc) is 3.00. The summed E-state index contributed by atoms with van der Waals surface area (Å²) in [5.41, 5.74) is 2.46. The Morgan fingerprint density at radius 2 is 1.93 bits per heavy atom. The molecule has 3 rings (SSSR count). The van der Waals surface area contributed by atoms with E-state index in [1.165, 1.54) is 24.3 Å². The molecular weight excluding hydrogens is 391 g/mol. The molecule has 0 saturated carbocycles. The van der Waals surface area contributed by atoms with Crippen LogP contribution >= 0.6 is 11.3 Å². The molecule has 28 heavy (non-hydrogen) atoms. The van der Waals surface area contributed by atoms with Crippen LogP contribution in [-0.4, -0.2) is 16.1 Å². The van der Waals surface area contributed by atoms with Crippen LogP contribution in [0.25, 0.3) is 10.1 Å². The third kappa shape index (κ3) is 3.96. The van der Waals surface area contributed by atoms with Crippen molar-refractivity contribution < 1.29 is 27.8 Å². The predicted molar refractivity (Wildman–Crippen MR) is 101 cm³/mol. The minimum Gasteiger partial charge on any atom is -0.489 e. The number of rotatable bonds is 5. The number of carboxylic acid groups (broad SMARTS) is 1. The van der Waals surface area contributed by atoms with Gasteiger partial charge < -0.3 is 9.84 Å². The Balaban J connectivity index is 1.87. The van der Waals surface area contributed by atoms with Gasteiger partial charge in [-0.15, -0.1) is 11.3 Å². The second-order valence-electron chi connectivity index (χ2n) is 6.58. The smallest absolute Gasteiger partial charge is 0.433 e. The number of thiophene rings is 1. The van der Waals surface area contributed by atoms with Crippen molar-refractivity contribution in [1.82, 2.24) is 4.98 Å². The highest BCUT2D eigenvalue weighted by molar-refractivity contribution is 7.17. The van der Waals surface area contributed by atoms with E-state index in [0.717, 1.165) is 32.8 Å². The third-order valence-electron chi connectivity index (χ3n) is 4.53. The topological polar surface area (TPSA) is 59.4 Å². The molecule has 3 aromatic rings. The number of hydrogen-bond donors (Lipinski definition) is 1. The number of halogens is 3. The summed E-state index contributed by atoms with van der Waals surface area (Å²) in [7, 11) is 0. The van der Waals surface area contributed by atoms with Gasteiger partial charge in [-0.05, 0) is 54.8 Å². The summed E-state index contributed by atoms with van der Waals surface area (Å²) in [6, 6.07) is 4.16. The van der Waals surface area contributed by atoms with E-state index >= 15 is 0 Å². The Kier molecular flexibility index (Phi) is 5.34. The van der Waals surface area contributed by atoms with Gasteiger partial charge in [0, 0.05) is 21.5 Å². The van der Waals surface area contributed by atoms with Crippen molar-refractivity contribution in [2.45, 2.75) is 40.0 Å². The van der Waals surface area contributed by atoms with Crippen LogP contribution in [0.5, 0.6) is 5.75 Å². The van der Waals surface area contributed by atoms with E-state index in [1.807, 2.05) is 25.3 Å². The summed E-state index contributed by atoms with van der Waals surface area (Å²) in [5.74, 6) is -0.268. The fourth-order valence-corrected chi connectivity index (χ4v) is 4.24. The summed E-state index contributed by atoms with van der Waals surface area (Å²) in [4.78, 5) is 14.7. The van der Waals surface area contributed by atoms with Crippen LogP contribution in [0.3, 0.4) is 0 Å². The van der Waals surface area contributed by atoms with Crippen molar-refractivity contribution in [2.24, 2.45) is 0 Å². The second-order valence-corrected chi connectivity index (χ2v) is 7.46. The van der Waals surface area contributed by atoms with Gasteiger partial charge in [0.25, 0.3) is 0 Å². The Morgan fingerprint density at radius 1 is 1.21 bits per heavy atom. The molecule has 0 aliphatic carbocycles. The Morgan fingerprint density at radius 3 is 2.54 bits per heavy atom. The van der Waals surface area contributed by atoms with Crippen molar-refractivity contribution in [2.75, 3.05) is 0 Å². The van der Waals surface area contributed by atoms with Gasteiger partial charge in [-0.1, -0.05) is 6.07 Å². The molecule has 148 valence electrons. The first-order valence-electron chi connectivity index (χ1n) is 8.46. The SMILES string of the molecule is Cc1nc(C(F)(F)F)ccc1COc1cc(C)c2c(CC(=O)O)csc2c1C. The number of hydrogen-bond acceptors (Lipinski definition) is 4. The van der Waals surface area contributed by atoms with E-state index in [4.69, 9.17) is 9.84 Å². The summed E-state index contributed by atoms with van der Waals surface area (Å²) in [6.07, 6.45) is -4.52. The minimum absolute atomic E-state index is 0.0447. The maximum absolute atomic E-state index is 12.7. The van der Waals surface area contributed by atoms with Crippen LogP contribution in [0, 0.1) is 20.8 Å². The van der Waals surface area contributed by atoms with Gasteiger partial charge in [-0.25, -0.2) is 4.98 Å². The largest absolute Gasteiger partial charge is 0.489 e. The molecule has 0 unspecified atom stereocenters. The summed E-state index contributed by atoms with van der Waals surface area (Å²) in [5, 5.41) is 11.8. The van der Waals surface area contributed by atoms with Crippen LogP contribution in [0.15, 0.2) is 23.6 Å². The van der Waals surface area contributed by atoms with E-state index in [2.05, 4.69) is 4.98 Å². The standard InChI is InChI=1S/C20H18F3NO3S/c1-10-6-15(11(2)19-18(10)14(9-28-19)7-17(25)26)27-8-13-4-5-16(20(21,22)23)24-12(13)3/h4-6,9H,7-8H2,1-3H3,(H,25,26). The molecule has 0 atom stereocenters. The number of carboxylic acids is 1. The average molecular weight is 409 g/mol. The zero-order valence-corrected chi connectivity index (χ0v) is 16.3. The fourth-order valence-electron chi connectivity index (χ4n) is 3.09. The number of nitrogens with zero attached hydrogens (tertiary/aromatic N) is 1. The monoisotopic (exact) mass is 409 g/mol. The summed E-state index contributed by atoms with van der Waals surface area (Å²) < 4.78 is 45.1. The van der Waals surface area contributed by atoms with Crippen molar-refractivity contribution in [3.63, 3.8) is 0 Å². The molecule has 1 aromatic carbocycles. The van der Waals surface area contributed by atoms with Crippen molar-refractivity contribution in [1.29, 1.82) is 0 Å². The number of alkyl halides is 3. The van der Waals surface area contributed by atoms with Gasteiger partial charge >= 0.3 is 12.1 Å². The molecular formula is C20H18F3NO3S. The van der Waals surface area contributed by atoms with Gasteiger partial charge in [-0.3, -0.25) is 4.79 Å². The molecule has 0 amide bonds. The molecule has 2 heterocycles. The molecule has 0 spiro atoms. The Bertz CT molecular complexity index is 1060. The lowest BCUT2D eigenvalue weighted by Crippen LogP contribution is -2.10. The lowest BCUT2D eigenvalue weighted by molar-refractivity contribution is -0.141. The highest BCUT2D eigenvalue weighted by Crippen LogP contribution is 2.37. The van der Waals surface area contributed by atoms with Gasteiger partial charge in [-0.2, -0.15) is 13.2 Å². The maximum Gasteiger partial charge on any atom is 0.433 e. The number of aryl methyl sites for hydroxylation is 3. The minimum atomic E-state index is -4.48. The number of benzene rings is 1. The molecule has 1 N–H and O–H groups in total. The van der Waals surface area contributed by atoms with E-state index in [0.29, 0.717) is 11.3 Å². The summed E-state index contributed by atoms with van der Waals surface area (Å²) >= 11 is 1.46. The number of aromatic nitrogens is 1. The van der Waals surface area contributed by atoms with Gasteiger partial charge in [0.2, 0.25) is 0 Å². The fraction of sp³-hybridized carbons (Fsp3) is 0.300. The first-order valence-corrected chi connectivity index (χ1v) is 9.34. The van der Waals surface area contributed by atoms with Gasteiger partial charge in [0.05, 0.1) is 6.42 Å². The molecule has 2 aromatic heterocycles. The van der Waals surface area contributed by atoms with Crippen LogP contribution in [0.4, 0.5) is 13.2 Å². The third-order valence-corrected chi connectivity index (χ3v) is 5.68. The predicted octanol–water partition coefficient (Wildman–Crippen LogP) is 5.45. The molecule has 0 bridgehead atoms. The molecule has 8 heteroatoms. The summed E-state index contributed by atoms with van der Waals surface area (Å²) in [6.45, 7) is 5.39. The van der Waals surface area contributed by atoms with Gasteiger partial charge in [0.1, 0.15) is 18.1 Å². The van der Waals surface area contributed by atoms with Crippen molar-refractivity contribution in [3.8, 4) is 5.75 Å². The quantitative estimate of drug-likeness (QED) is 0.609. The van der Waals surface area contributed by atoms with Crippen molar-refractivity contribution >= 4 is 27.4 Å². The van der Waals surface area contributed by atoms with Crippen LogP contribution < -0.4 is 4.74 Å². The molecule has 0 aliphatic rings. The normalized spacial score (nSPS) is 11.8. The van der Waals surface area contributed by atoms with Crippen LogP contribution in [-0.2, 0) is 24.0 Å². The van der Waals surface area contributed by atoms with Crippen LogP contribution in [0.1, 0.15) is 33.6 Å². The number of ether oxygens (including phenoxy) is 1. The van der Waals surface area contributed by atoms with E-state index in [9.17, 15) is 18.0 Å². The van der Waals surface area contributed by atoms with Crippen LogP contribution in [0.2, 0.25) is 0 Å². The number of pyridine rings is 1.